The van der Waals surface area contributed by atoms with Gasteiger partial charge in [0, 0.05) is 31.4 Å². The van der Waals surface area contributed by atoms with Gasteiger partial charge in [-0.1, -0.05) is 6.07 Å². The highest BCUT2D eigenvalue weighted by molar-refractivity contribution is 5.97. The van der Waals surface area contributed by atoms with Gasteiger partial charge in [0.15, 0.2) is 17.3 Å². The Kier molecular flexibility index (Phi) is 3.90. The van der Waals surface area contributed by atoms with Crippen LogP contribution in [0.3, 0.4) is 0 Å². The van der Waals surface area contributed by atoms with Crippen molar-refractivity contribution in [2.45, 2.75) is 6.42 Å². The van der Waals surface area contributed by atoms with Crippen molar-refractivity contribution in [3.8, 4) is 11.5 Å². The number of ketones is 1. The normalized spacial score (nSPS) is 10.3. The molecule has 1 aromatic carbocycles. The lowest BCUT2D eigenvalue weighted by Crippen LogP contribution is -2.03. The number of benzene rings is 1. The van der Waals surface area contributed by atoms with E-state index >= 15 is 0 Å². The van der Waals surface area contributed by atoms with E-state index < -0.39 is 0 Å². The summed E-state index contributed by atoms with van der Waals surface area (Å²) in [6.07, 6.45) is 4.04. The molecule has 0 saturated heterocycles. The smallest absolute Gasteiger partial charge is 0.168 e. The lowest BCUT2D eigenvalue weighted by atomic mass is 10.0. The first kappa shape index (κ1) is 13.2. The van der Waals surface area contributed by atoms with E-state index in [2.05, 4.69) is 0 Å². The third-order valence-electron chi connectivity index (χ3n) is 2.97. The zero-order valence-corrected chi connectivity index (χ0v) is 11.3. The second kappa shape index (κ2) is 5.61. The molecule has 2 rings (SSSR count). The molecule has 0 aliphatic rings. The number of hydrogen-bond acceptors (Lipinski definition) is 3. The van der Waals surface area contributed by atoms with Crippen molar-refractivity contribution in [2.75, 3.05) is 14.2 Å². The van der Waals surface area contributed by atoms with Crippen LogP contribution >= 0.6 is 0 Å². The lowest BCUT2D eigenvalue weighted by Gasteiger charge is -2.09. The molecule has 0 aliphatic carbocycles. The van der Waals surface area contributed by atoms with Crippen LogP contribution in [0.25, 0.3) is 0 Å². The maximum absolute atomic E-state index is 12.1. The summed E-state index contributed by atoms with van der Waals surface area (Å²) < 4.78 is 12.3. The van der Waals surface area contributed by atoms with Gasteiger partial charge in [0.2, 0.25) is 0 Å². The van der Waals surface area contributed by atoms with Crippen LogP contribution in [0.1, 0.15) is 15.9 Å². The van der Waals surface area contributed by atoms with Crippen LogP contribution in [0.4, 0.5) is 0 Å². The maximum atomic E-state index is 12.1. The SMILES string of the molecule is COc1ccc(CC(=O)c2ccn(C)c2)cc1OC. The van der Waals surface area contributed by atoms with E-state index in [9.17, 15) is 4.79 Å². The maximum Gasteiger partial charge on any atom is 0.168 e. The number of hydrogen-bond donors (Lipinski definition) is 0. The molecule has 0 atom stereocenters. The van der Waals surface area contributed by atoms with Gasteiger partial charge in [0.05, 0.1) is 14.2 Å². The summed E-state index contributed by atoms with van der Waals surface area (Å²) in [4.78, 5) is 12.1. The average molecular weight is 259 g/mol. The van der Waals surface area contributed by atoms with E-state index in [1.165, 1.54) is 0 Å². The van der Waals surface area contributed by atoms with Gasteiger partial charge in [-0.15, -0.1) is 0 Å². The number of aromatic nitrogens is 1. The first-order valence-corrected chi connectivity index (χ1v) is 6.00. The molecule has 100 valence electrons. The van der Waals surface area contributed by atoms with Gasteiger partial charge in [-0.2, -0.15) is 0 Å². The molecule has 0 amide bonds. The first-order chi connectivity index (χ1) is 9.13. The number of ether oxygens (including phenoxy) is 2. The molecule has 0 spiro atoms. The Morgan fingerprint density at radius 2 is 1.89 bits per heavy atom. The summed E-state index contributed by atoms with van der Waals surface area (Å²) in [5.41, 5.74) is 1.63. The van der Waals surface area contributed by atoms with Gasteiger partial charge in [0.25, 0.3) is 0 Å². The van der Waals surface area contributed by atoms with Gasteiger partial charge in [-0.25, -0.2) is 0 Å². The molecule has 1 aromatic heterocycles. The molecular formula is C15H17NO3. The minimum Gasteiger partial charge on any atom is -0.493 e. The largest absolute Gasteiger partial charge is 0.493 e. The number of Topliss-reactive ketones (excluding diaryl/α,β-unsaturated/α-hetero) is 1. The molecule has 0 unspecified atom stereocenters. The van der Waals surface area contributed by atoms with Crippen LogP contribution in [0.5, 0.6) is 11.5 Å². The summed E-state index contributed by atoms with van der Waals surface area (Å²) >= 11 is 0. The summed E-state index contributed by atoms with van der Waals surface area (Å²) in [7, 11) is 5.07. The highest BCUT2D eigenvalue weighted by Gasteiger charge is 2.10. The van der Waals surface area contributed by atoms with Crippen molar-refractivity contribution in [3.05, 3.63) is 47.8 Å². The van der Waals surface area contributed by atoms with Crippen LogP contribution in [0.15, 0.2) is 36.7 Å². The van der Waals surface area contributed by atoms with Crippen molar-refractivity contribution < 1.29 is 14.3 Å². The van der Waals surface area contributed by atoms with E-state index in [0.717, 1.165) is 11.1 Å². The molecular weight excluding hydrogens is 242 g/mol. The highest BCUT2D eigenvalue weighted by atomic mass is 16.5. The van der Waals surface area contributed by atoms with Crippen molar-refractivity contribution in [1.82, 2.24) is 4.57 Å². The first-order valence-electron chi connectivity index (χ1n) is 6.00. The second-order valence-electron chi connectivity index (χ2n) is 4.35. The molecule has 0 bridgehead atoms. The quantitative estimate of drug-likeness (QED) is 0.774. The standard InChI is InChI=1S/C15H17NO3/c1-16-7-6-12(10-16)13(17)8-11-4-5-14(18-2)15(9-11)19-3/h4-7,9-10H,8H2,1-3H3. The highest BCUT2D eigenvalue weighted by Crippen LogP contribution is 2.28. The minimum absolute atomic E-state index is 0.0906. The lowest BCUT2D eigenvalue weighted by molar-refractivity contribution is 0.0993. The van der Waals surface area contributed by atoms with Gasteiger partial charge < -0.3 is 14.0 Å². The zero-order chi connectivity index (χ0) is 13.8. The monoisotopic (exact) mass is 259 g/mol. The Morgan fingerprint density at radius 1 is 1.16 bits per heavy atom. The summed E-state index contributed by atoms with van der Waals surface area (Å²) in [6, 6.07) is 7.34. The van der Waals surface area contributed by atoms with Gasteiger partial charge in [-0.3, -0.25) is 4.79 Å². The van der Waals surface area contributed by atoms with E-state index in [-0.39, 0.29) is 5.78 Å². The molecule has 19 heavy (non-hydrogen) atoms. The predicted octanol–water partition coefficient (Wildman–Crippen LogP) is 2.47. The molecule has 4 heteroatoms. The summed E-state index contributed by atoms with van der Waals surface area (Å²) in [5.74, 6) is 1.40. The van der Waals surface area contributed by atoms with Crippen molar-refractivity contribution >= 4 is 5.78 Å². The fourth-order valence-corrected chi connectivity index (χ4v) is 1.95. The van der Waals surface area contributed by atoms with E-state index in [4.69, 9.17) is 9.47 Å². The van der Waals surface area contributed by atoms with Crippen LogP contribution in [-0.2, 0) is 13.5 Å². The predicted molar refractivity (Wildman–Crippen MR) is 73.0 cm³/mol. The number of nitrogens with zero attached hydrogens (tertiary/aromatic N) is 1. The van der Waals surface area contributed by atoms with E-state index in [0.29, 0.717) is 17.9 Å². The van der Waals surface area contributed by atoms with Crippen LogP contribution in [0.2, 0.25) is 0 Å². The molecule has 0 radical (unpaired) electrons. The van der Waals surface area contributed by atoms with Crippen LogP contribution in [-0.4, -0.2) is 24.6 Å². The molecule has 0 fully saturated rings. The van der Waals surface area contributed by atoms with Crippen LogP contribution in [0, 0.1) is 0 Å². The Bertz CT molecular complexity index is 587. The Balaban J connectivity index is 2.17. The third-order valence-corrected chi connectivity index (χ3v) is 2.97. The molecule has 0 aliphatic heterocycles. The van der Waals surface area contributed by atoms with E-state index in [1.807, 2.05) is 48.3 Å². The molecule has 0 N–H and O–H groups in total. The third kappa shape index (κ3) is 2.96. The Morgan fingerprint density at radius 3 is 2.47 bits per heavy atom. The van der Waals surface area contributed by atoms with E-state index in [1.54, 1.807) is 14.2 Å². The van der Waals surface area contributed by atoms with Gasteiger partial charge >= 0.3 is 0 Å². The fraction of sp³-hybridized carbons (Fsp3) is 0.267. The van der Waals surface area contributed by atoms with Crippen LogP contribution < -0.4 is 9.47 Å². The topological polar surface area (TPSA) is 40.5 Å². The number of aryl methyl sites for hydroxylation is 1. The van der Waals surface area contributed by atoms with Gasteiger partial charge in [-0.05, 0) is 23.8 Å². The molecule has 4 nitrogen and oxygen atoms in total. The number of rotatable bonds is 5. The van der Waals surface area contributed by atoms with Gasteiger partial charge in [0.1, 0.15) is 0 Å². The number of methoxy groups -OCH3 is 2. The average Bonchev–Trinajstić information content (AvgIpc) is 2.85. The minimum atomic E-state index is 0.0906. The van der Waals surface area contributed by atoms with Crippen molar-refractivity contribution in [1.29, 1.82) is 0 Å². The number of carbonyl (C=O) groups excluding carboxylic acids is 1. The summed E-state index contributed by atoms with van der Waals surface area (Å²) in [6.45, 7) is 0. The Hall–Kier alpha value is -2.23. The van der Waals surface area contributed by atoms with Crippen molar-refractivity contribution in [3.63, 3.8) is 0 Å². The molecule has 0 saturated carbocycles. The second-order valence-corrected chi connectivity index (χ2v) is 4.35. The van der Waals surface area contributed by atoms with Crippen molar-refractivity contribution in [2.24, 2.45) is 7.05 Å². The molecule has 1 heterocycles. The Labute approximate surface area is 112 Å². The zero-order valence-electron chi connectivity index (χ0n) is 11.3. The molecule has 2 aromatic rings. The number of carbonyl (C=O) groups is 1. The summed E-state index contributed by atoms with van der Waals surface area (Å²) in [5, 5.41) is 0. The fourth-order valence-electron chi connectivity index (χ4n) is 1.95.